The molecule has 1 aromatic heterocycles. The number of nitrogens with zero attached hydrogens (tertiary/aromatic N) is 2. The molecule has 0 radical (unpaired) electrons. The lowest BCUT2D eigenvalue weighted by Crippen LogP contribution is -2.13. The summed E-state index contributed by atoms with van der Waals surface area (Å²) in [6.45, 7) is 0. The van der Waals surface area contributed by atoms with Crippen LogP contribution < -0.4 is 5.32 Å². The normalized spacial score (nSPS) is 10.1. The predicted molar refractivity (Wildman–Crippen MR) is 58.4 cm³/mol. The number of carbonyl (C=O) groups excluding carboxylic acids is 1. The average Bonchev–Trinajstić information content (AvgIpc) is 2.74. The highest BCUT2D eigenvalue weighted by Gasteiger charge is 2.12. The zero-order chi connectivity index (χ0) is 11.5. The summed E-state index contributed by atoms with van der Waals surface area (Å²) in [4.78, 5) is 15.4. The molecule has 7 heteroatoms. The zero-order valence-corrected chi connectivity index (χ0v) is 9.45. The molecule has 0 aliphatic rings. The number of aromatic amines is 1. The maximum Gasteiger partial charge on any atom is 0.259 e. The SMILES string of the molecule is O=C(Nc1ncn[nH]1)c1cc(F)ccc1Br. The van der Waals surface area contributed by atoms with E-state index in [-0.39, 0.29) is 11.5 Å². The van der Waals surface area contributed by atoms with E-state index in [0.29, 0.717) is 4.47 Å². The minimum absolute atomic E-state index is 0.191. The minimum Gasteiger partial charge on any atom is -0.291 e. The van der Waals surface area contributed by atoms with Crippen LogP contribution in [0.3, 0.4) is 0 Å². The summed E-state index contributed by atoms with van der Waals surface area (Å²) in [5.41, 5.74) is 0.191. The van der Waals surface area contributed by atoms with Crippen LogP contribution in [0.5, 0.6) is 0 Å². The summed E-state index contributed by atoms with van der Waals surface area (Å²) in [5, 5.41) is 8.48. The van der Waals surface area contributed by atoms with E-state index in [1.807, 2.05) is 0 Å². The second-order valence-corrected chi connectivity index (χ2v) is 3.77. The van der Waals surface area contributed by atoms with E-state index >= 15 is 0 Å². The molecule has 0 fully saturated rings. The van der Waals surface area contributed by atoms with E-state index in [1.54, 1.807) is 0 Å². The van der Waals surface area contributed by atoms with Crippen LogP contribution in [0.4, 0.5) is 10.3 Å². The summed E-state index contributed by atoms with van der Waals surface area (Å²) >= 11 is 3.16. The van der Waals surface area contributed by atoms with Crippen LogP contribution in [-0.2, 0) is 0 Å². The lowest BCUT2D eigenvalue weighted by atomic mass is 10.2. The summed E-state index contributed by atoms with van der Waals surface area (Å²) in [7, 11) is 0. The van der Waals surface area contributed by atoms with Gasteiger partial charge in [0.1, 0.15) is 12.1 Å². The molecule has 0 unspecified atom stereocenters. The Morgan fingerprint density at radius 1 is 1.50 bits per heavy atom. The fourth-order valence-corrected chi connectivity index (χ4v) is 1.54. The Labute approximate surface area is 98.2 Å². The van der Waals surface area contributed by atoms with Crippen molar-refractivity contribution in [2.75, 3.05) is 5.32 Å². The highest BCUT2D eigenvalue weighted by atomic mass is 79.9. The van der Waals surface area contributed by atoms with E-state index < -0.39 is 11.7 Å². The molecule has 1 heterocycles. The van der Waals surface area contributed by atoms with Gasteiger partial charge in [-0.2, -0.15) is 10.1 Å². The number of nitrogens with one attached hydrogen (secondary N) is 2. The molecule has 16 heavy (non-hydrogen) atoms. The maximum atomic E-state index is 12.9. The van der Waals surface area contributed by atoms with Crippen molar-refractivity contribution >= 4 is 27.8 Å². The Bertz CT molecular complexity index is 514. The van der Waals surface area contributed by atoms with E-state index in [2.05, 4.69) is 36.4 Å². The monoisotopic (exact) mass is 284 g/mol. The van der Waals surface area contributed by atoms with Gasteiger partial charge in [0, 0.05) is 4.47 Å². The highest BCUT2D eigenvalue weighted by Crippen LogP contribution is 2.18. The first-order chi connectivity index (χ1) is 7.66. The van der Waals surface area contributed by atoms with E-state index in [1.165, 1.54) is 18.5 Å². The third-order valence-electron chi connectivity index (χ3n) is 1.82. The number of halogens is 2. The van der Waals surface area contributed by atoms with Gasteiger partial charge in [0.25, 0.3) is 5.91 Å². The van der Waals surface area contributed by atoms with Crippen molar-refractivity contribution in [1.82, 2.24) is 15.2 Å². The molecule has 0 aliphatic heterocycles. The molecular formula is C9H6BrFN4O. The van der Waals surface area contributed by atoms with Gasteiger partial charge in [-0.1, -0.05) is 0 Å². The standard InChI is InChI=1S/C9H6BrFN4O/c10-7-2-1-5(11)3-6(7)8(16)14-9-12-4-13-15-9/h1-4H,(H2,12,13,14,15,16). The third kappa shape index (κ3) is 2.25. The number of aromatic nitrogens is 3. The van der Waals surface area contributed by atoms with Crippen molar-refractivity contribution in [2.45, 2.75) is 0 Å². The van der Waals surface area contributed by atoms with Gasteiger partial charge in [-0.25, -0.2) is 9.49 Å². The first kappa shape index (κ1) is 10.7. The van der Waals surface area contributed by atoms with Crippen LogP contribution in [0.2, 0.25) is 0 Å². The Hall–Kier alpha value is -1.76. The van der Waals surface area contributed by atoms with Crippen molar-refractivity contribution in [3.05, 3.63) is 40.4 Å². The Morgan fingerprint density at radius 3 is 3.00 bits per heavy atom. The minimum atomic E-state index is -0.481. The second kappa shape index (κ2) is 4.40. The van der Waals surface area contributed by atoms with E-state index in [4.69, 9.17) is 0 Å². The Kier molecular flexibility index (Phi) is 2.95. The molecule has 0 spiro atoms. The number of amides is 1. The van der Waals surface area contributed by atoms with Crippen molar-refractivity contribution in [1.29, 1.82) is 0 Å². The first-order valence-electron chi connectivity index (χ1n) is 4.28. The molecule has 0 saturated carbocycles. The van der Waals surface area contributed by atoms with Gasteiger partial charge in [-0.15, -0.1) is 0 Å². The molecule has 2 N–H and O–H groups in total. The largest absolute Gasteiger partial charge is 0.291 e. The molecule has 1 amide bonds. The van der Waals surface area contributed by atoms with Crippen molar-refractivity contribution in [2.24, 2.45) is 0 Å². The Balaban J connectivity index is 2.24. The molecule has 5 nitrogen and oxygen atoms in total. The van der Waals surface area contributed by atoms with Gasteiger partial charge in [0.05, 0.1) is 5.56 Å². The molecule has 0 bridgehead atoms. The van der Waals surface area contributed by atoms with Crippen molar-refractivity contribution in [3.63, 3.8) is 0 Å². The number of carbonyl (C=O) groups is 1. The van der Waals surface area contributed by atoms with Gasteiger partial charge in [0.2, 0.25) is 5.95 Å². The number of hydrogen-bond acceptors (Lipinski definition) is 3. The van der Waals surface area contributed by atoms with Crippen LogP contribution in [0.1, 0.15) is 10.4 Å². The summed E-state index contributed by atoms with van der Waals surface area (Å²) < 4.78 is 13.5. The third-order valence-corrected chi connectivity index (χ3v) is 2.51. The fourth-order valence-electron chi connectivity index (χ4n) is 1.11. The Morgan fingerprint density at radius 2 is 2.31 bits per heavy atom. The van der Waals surface area contributed by atoms with Gasteiger partial charge in [0.15, 0.2) is 0 Å². The van der Waals surface area contributed by atoms with Gasteiger partial charge >= 0.3 is 0 Å². The number of benzene rings is 1. The maximum absolute atomic E-state index is 12.9. The smallest absolute Gasteiger partial charge is 0.259 e. The molecule has 0 atom stereocenters. The topological polar surface area (TPSA) is 70.7 Å². The van der Waals surface area contributed by atoms with E-state index in [9.17, 15) is 9.18 Å². The molecular weight excluding hydrogens is 279 g/mol. The fraction of sp³-hybridized carbons (Fsp3) is 0. The molecule has 2 rings (SSSR count). The van der Waals surface area contributed by atoms with Crippen molar-refractivity contribution < 1.29 is 9.18 Å². The molecule has 1 aromatic carbocycles. The summed E-state index contributed by atoms with van der Waals surface area (Å²) in [5.74, 6) is -0.741. The molecule has 0 saturated heterocycles. The van der Waals surface area contributed by atoms with Crippen LogP contribution in [-0.4, -0.2) is 21.1 Å². The van der Waals surface area contributed by atoms with Crippen LogP contribution in [0.25, 0.3) is 0 Å². The van der Waals surface area contributed by atoms with Crippen molar-refractivity contribution in [3.8, 4) is 0 Å². The summed E-state index contributed by atoms with van der Waals surface area (Å²) in [6, 6.07) is 3.86. The number of anilines is 1. The quantitative estimate of drug-likeness (QED) is 0.886. The molecule has 0 aliphatic carbocycles. The molecule has 82 valence electrons. The van der Waals surface area contributed by atoms with Gasteiger partial charge in [-0.3, -0.25) is 10.1 Å². The number of hydrogen-bond donors (Lipinski definition) is 2. The molecule has 2 aromatic rings. The lowest BCUT2D eigenvalue weighted by Gasteiger charge is -2.03. The highest BCUT2D eigenvalue weighted by molar-refractivity contribution is 9.10. The average molecular weight is 285 g/mol. The van der Waals surface area contributed by atoms with E-state index in [0.717, 1.165) is 6.07 Å². The first-order valence-corrected chi connectivity index (χ1v) is 5.08. The lowest BCUT2D eigenvalue weighted by molar-refractivity contribution is 0.102. The predicted octanol–water partition coefficient (Wildman–Crippen LogP) is 1.96. The van der Waals surface area contributed by atoms with Gasteiger partial charge < -0.3 is 0 Å². The zero-order valence-electron chi connectivity index (χ0n) is 7.87. The van der Waals surface area contributed by atoms with Gasteiger partial charge in [-0.05, 0) is 34.1 Å². The van der Waals surface area contributed by atoms with Crippen LogP contribution in [0.15, 0.2) is 29.0 Å². The van der Waals surface area contributed by atoms with Crippen LogP contribution in [0, 0.1) is 5.82 Å². The summed E-state index contributed by atoms with van der Waals surface area (Å²) in [6.07, 6.45) is 1.26. The van der Waals surface area contributed by atoms with Crippen LogP contribution >= 0.6 is 15.9 Å². The second-order valence-electron chi connectivity index (χ2n) is 2.91. The number of H-pyrrole nitrogens is 1. The number of rotatable bonds is 2.